The quantitative estimate of drug-likeness (QED) is 0.633. The summed E-state index contributed by atoms with van der Waals surface area (Å²) in [4.78, 5) is 14.8. The number of carbonyl (C=O) groups excluding carboxylic acids is 1. The first-order chi connectivity index (χ1) is 14.6. The molecule has 1 saturated heterocycles. The van der Waals surface area contributed by atoms with Gasteiger partial charge in [0.15, 0.2) is 11.5 Å². The fraction of sp³-hybridized carbons (Fsp3) is 0.318. The molecule has 1 aliphatic rings. The number of piperidine rings is 1. The van der Waals surface area contributed by atoms with Crippen LogP contribution in [-0.2, 0) is 0 Å². The van der Waals surface area contributed by atoms with E-state index in [1.54, 1.807) is 42.3 Å². The van der Waals surface area contributed by atoms with E-state index in [1.165, 1.54) is 19.2 Å². The molecule has 7 nitrogen and oxygen atoms in total. The van der Waals surface area contributed by atoms with E-state index in [1.807, 2.05) is 0 Å². The molecule has 1 aromatic heterocycles. The fourth-order valence-electron chi connectivity index (χ4n) is 3.62. The van der Waals surface area contributed by atoms with Crippen molar-refractivity contribution in [2.45, 2.75) is 18.8 Å². The van der Waals surface area contributed by atoms with Crippen LogP contribution in [0.4, 0.5) is 4.39 Å². The summed E-state index contributed by atoms with van der Waals surface area (Å²) in [5, 5.41) is 8.26. The molecule has 2 heterocycles. The van der Waals surface area contributed by atoms with E-state index in [0.717, 1.165) is 12.8 Å². The highest BCUT2D eigenvalue weighted by Gasteiger charge is 2.29. The summed E-state index contributed by atoms with van der Waals surface area (Å²) < 4.78 is 29.5. The van der Waals surface area contributed by atoms with E-state index in [2.05, 4.69) is 10.2 Å². The number of hydrogen-bond acceptors (Lipinski definition) is 6. The zero-order valence-electron chi connectivity index (χ0n) is 16.8. The maximum atomic E-state index is 13.1. The van der Waals surface area contributed by atoms with Gasteiger partial charge in [0, 0.05) is 24.2 Å². The molecular weight excluding hydrogens is 389 g/mol. The number of benzene rings is 2. The Labute approximate surface area is 173 Å². The van der Waals surface area contributed by atoms with Gasteiger partial charge >= 0.3 is 0 Å². The van der Waals surface area contributed by atoms with Gasteiger partial charge in [-0.2, -0.15) is 0 Å². The van der Waals surface area contributed by atoms with Gasteiger partial charge in [-0.15, -0.1) is 10.2 Å². The molecule has 0 spiro atoms. The smallest absolute Gasteiger partial charge is 0.254 e. The van der Waals surface area contributed by atoms with Crippen molar-refractivity contribution in [3.63, 3.8) is 0 Å². The molecular formula is C22H22FN3O4. The van der Waals surface area contributed by atoms with Crippen LogP contribution in [0.3, 0.4) is 0 Å². The van der Waals surface area contributed by atoms with Crippen LogP contribution < -0.4 is 9.47 Å². The van der Waals surface area contributed by atoms with Crippen molar-refractivity contribution < 1.29 is 23.1 Å². The number of amides is 1. The van der Waals surface area contributed by atoms with Crippen molar-refractivity contribution in [2.75, 3.05) is 27.3 Å². The molecule has 1 atom stereocenters. The number of methoxy groups -OCH3 is 2. The minimum atomic E-state index is -0.324. The van der Waals surface area contributed by atoms with Crippen LogP contribution in [0.25, 0.3) is 11.5 Å². The average molecular weight is 411 g/mol. The number of carbonyl (C=O) groups is 1. The van der Waals surface area contributed by atoms with Crippen molar-refractivity contribution in [3.05, 3.63) is 59.7 Å². The van der Waals surface area contributed by atoms with Crippen LogP contribution >= 0.6 is 0 Å². The lowest BCUT2D eigenvalue weighted by molar-refractivity contribution is 0.0698. The Hall–Kier alpha value is -3.42. The molecule has 3 aromatic rings. The van der Waals surface area contributed by atoms with Crippen molar-refractivity contribution in [2.24, 2.45) is 0 Å². The predicted octanol–water partition coefficient (Wildman–Crippen LogP) is 3.91. The highest BCUT2D eigenvalue weighted by molar-refractivity contribution is 5.95. The third-order valence-electron chi connectivity index (χ3n) is 5.22. The molecule has 1 amide bonds. The Morgan fingerprint density at radius 2 is 1.87 bits per heavy atom. The van der Waals surface area contributed by atoms with Crippen LogP contribution in [0, 0.1) is 5.82 Å². The summed E-state index contributed by atoms with van der Waals surface area (Å²) in [6.07, 6.45) is 1.68. The second kappa shape index (κ2) is 8.52. The minimum absolute atomic E-state index is 0.0513. The lowest BCUT2D eigenvalue weighted by Crippen LogP contribution is -2.39. The molecule has 0 radical (unpaired) electrons. The van der Waals surface area contributed by atoms with E-state index >= 15 is 0 Å². The molecule has 4 rings (SSSR count). The summed E-state index contributed by atoms with van der Waals surface area (Å²) in [6, 6.07) is 11.0. The number of rotatable bonds is 5. The van der Waals surface area contributed by atoms with Crippen LogP contribution in [0.2, 0.25) is 0 Å². The topological polar surface area (TPSA) is 77.7 Å². The molecule has 156 valence electrons. The Morgan fingerprint density at radius 1 is 1.10 bits per heavy atom. The van der Waals surface area contributed by atoms with Gasteiger partial charge in [-0.1, -0.05) is 0 Å². The van der Waals surface area contributed by atoms with Gasteiger partial charge in [0.2, 0.25) is 11.8 Å². The van der Waals surface area contributed by atoms with Crippen LogP contribution in [0.1, 0.15) is 35.0 Å². The van der Waals surface area contributed by atoms with Gasteiger partial charge in [-0.25, -0.2) is 4.39 Å². The molecule has 8 heteroatoms. The summed E-state index contributed by atoms with van der Waals surface area (Å²) in [6.45, 7) is 1.14. The normalized spacial score (nSPS) is 16.4. The van der Waals surface area contributed by atoms with E-state index in [0.29, 0.717) is 47.5 Å². The van der Waals surface area contributed by atoms with Crippen molar-refractivity contribution in [1.82, 2.24) is 15.1 Å². The van der Waals surface area contributed by atoms with Crippen molar-refractivity contribution in [1.29, 1.82) is 0 Å². The number of nitrogens with zero attached hydrogens (tertiary/aromatic N) is 3. The van der Waals surface area contributed by atoms with Crippen LogP contribution in [0.15, 0.2) is 46.9 Å². The SMILES string of the molecule is COc1ccc(C(=O)N2CCCC(c3nnc(-c4ccc(F)cc4)o3)C2)cc1OC. The maximum Gasteiger partial charge on any atom is 0.254 e. The lowest BCUT2D eigenvalue weighted by Gasteiger charge is -2.31. The van der Waals surface area contributed by atoms with E-state index in [4.69, 9.17) is 13.9 Å². The van der Waals surface area contributed by atoms with Gasteiger partial charge in [-0.3, -0.25) is 4.79 Å². The Balaban J connectivity index is 1.49. The van der Waals surface area contributed by atoms with Crippen LogP contribution in [0.5, 0.6) is 11.5 Å². The zero-order chi connectivity index (χ0) is 21.1. The van der Waals surface area contributed by atoms with Gasteiger partial charge in [0.25, 0.3) is 5.91 Å². The molecule has 0 saturated carbocycles. The van der Waals surface area contributed by atoms with E-state index in [9.17, 15) is 9.18 Å². The highest BCUT2D eigenvalue weighted by atomic mass is 19.1. The highest BCUT2D eigenvalue weighted by Crippen LogP contribution is 2.31. The molecule has 1 fully saturated rings. The van der Waals surface area contributed by atoms with E-state index < -0.39 is 0 Å². The van der Waals surface area contributed by atoms with Gasteiger partial charge in [-0.05, 0) is 55.3 Å². The fourth-order valence-corrected chi connectivity index (χ4v) is 3.62. The first-order valence-electron chi connectivity index (χ1n) is 9.69. The van der Waals surface area contributed by atoms with Crippen molar-refractivity contribution >= 4 is 5.91 Å². The van der Waals surface area contributed by atoms with Crippen molar-refractivity contribution in [3.8, 4) is 23.0 Å². The molecule has 0 aliphatic carbocycles. The molecule has 0 N–H and O–H groups in total. The number of hydrogen-bond donors (Lipinski definition) is 0. The Bertz CT molecular complexity index is 1040. The second-order valence-corrected chi connectivity index (χ2v) is 7.11. The third-order valence-corrected chi connectivity index (χ3v) is 5.22. The predicted molar refractivity (Wildman–Crippen MR) is 107 cm³/mol. The lowest BCUT2D eigenvalue weighted by atomic mass is 9.97. The maximum absolute atomic E-state index is 13.1. The van der Waals surface area contributed by atoms with E-state index in [-0.39, 0.29) is 17.6 Å². The molecule has 1 unspecified atom stereocenters. The first kappa shape index (κ1) is 19.9. The summed E-state index contributed by atoms with van der Waals surface area (Å²) in [5.74, 6) is 1.45. The molecule has 0 bridgehead atoms. The average Bonchev–Trinajstić information content (AvgIpc) is 3.29. The summed E-state index contributed by atoms with van der Waals surface area (Å²) in [5.41, 5.74) is 1.19. The summed E-state index contributed by atoms with van der Waals surface area (Å²) >= 11 is 0. The van der Waals surface area contributed by atoms with Gasteiger partial charge in [0.1, 0.15) is 5.82 Å². The summed E-state index contributed by atoms with van der Waals surface area (Å²) in [7, 11) is 3.09. The number of aromatic nitrogens is 2. The second-order valence-electron chi connectivity index (χ2n) is 7.11. The number of ether oxygens (including phenoxy) is 2. The minimum Gasteiger partial charge on any atom is -0.493 e. The molecule has 30 heavy (non-hydrogen) atoms. The van der Waals surface area contributed by atoms with Gasteiger partial charge < -0.3 is 18.8 Å². The standard InChI is InChI=1S/C22H22FN3O4/c1-28-18-10-7-15(12-19(18)29-2)22(27)26-11-3-4-16(13-26)21-25-24-20(30-21)14-5-8-17(23)9-6-14/h5-10,12,16H,3-4,11,13H2,1-2H3. The monoisotopic (exact) mass is 411 g/mol. The Morgan fingerprint density at radius 3 is 2.60 bits per heavy atom. The number of likely N-dealkylation sites (tertiary alicyclic amines) is 1. The Kier molecular flexibility index (Phi) is 5.65. The third kappa shape index (κ3) is 3.98. The largest absolute Gasteiger partial charge is 0.493 e. The van der Waals surface area contributed by atoms with Gasteiger partial charge in [0.05, 0.1) is 20.1 Å². The molecule has 1 aliphatic heterocycles. The number of halogens is 1. The first-order valence-corrected chi connectivity index (χ1v) is 9.69. The van der Waals surface area contributed by atoms with Crippen LogP contribution in [-0.4, -0.2) is 48.3 Å². The zero-order valence-corrected chi connectivity index (χ0v) is 16.8. The molecule has 2 aromatic carbocycles.